The maximum Gasteiger partial charge on any atom is 0.349 e. The van der Waals surface area contributed by atoms with Crippen molar-refractivity contribution in [2.75, 3.05) is 19.0 Å². The zero-order chi connectivity index (χ0) is 19.8. The smallest absolute Gasteiger partial charge is 0.349 e. The maximum atomic E-state index is 13.0. The normalized spacial score (nSPS) is 13.3. The monoisotopic (exact) mass is 399 g/mol. The highest BCUT2D eigenvalue weighted by Gasteiger charge is 2.27. The average Bonchev–Trinajstić information content (AvgIpc) is 3.07. The molecule has 0 saturated heterocycles. The summed E-state index contributed by atoms with van der Waals surface area (Å²) < 4.78 is 10.6. The first kappa shape index (κ1) is 18.2. The zero-order valence-corrected chi connectivity index (χ0v) is 16.1. The Morgan fingerprint density at radius 3 is 2.93 bits per heavy atom. The van der Waals surface area contributed by atoms with Crippen LogP contribution >= 0.6 is 11.3 Å². The summed E-state index contributed by atoms with van der Waals surface area (Å²) >= 11 is 1.34. The molecule has 0 saturated carbocycles. The molecule has 3 heterocycles. The first-order valence-corrected chi connectivity index (χ1v) is 9.44. The van der Waals surface area contributed by atoms with Gasteiger partial charge in [0.05, 0.1) is 19.3 Å². The Morgan fingerprint density at radius 2 is 2.18 bits per heavy atom. The van der Waals surface area contributed by atoms with E-state index in [2.05, 4.69) is 10.3 Å². The Morgan fingerprint density at radius 1 is 1.36 bits per heavy atom. The van der Waals surface area contributed by atoms with Gasteiger partial charge in [0.15, 0.2) is 16.5 Å². The van der Waals surface area contributed by atoms with Gasteiger partial charge >= 0.3 is 5.63 Å². The Bertz CT molecular complexity index is 1150. The number of aromatic nitrogens is 1. The molecule has 2 aromatic heterocycles. The van der Waals surface area contributed by atoms with Gasteiger partial charge in [-0.1, -0.05) is 23.5 Å². The summed E-state index contributed by atoms with van der Waals surface area (Å²) in [6, 6.07) is 6.75. The molecular formula is C19H17N3O5S. The van der Waals surface area contributed by atoms with Gasteiger partial charge in [-0.25, -0.2) is 9.78 Å². The van der Waals surface area contributed by atoms with Gasteiger partial charge in [-0.3, -0.25) is 9.59 Å². The van der Waals surface area contributed by atoms with Crippen LogP contribution in [-0.2, 0) is 17.8 Å². The van der Waals surface area contributed by atoms with E-state index in [0.717, 1.165) is 10.6 Å². The van der Waals surface area contributed by atoms with Gasteiger partial charge < -0.3 is 19.4 Å². The van der Waals surface area contributed by atoms with E-state index in [0.29, 0.717) is 41.4 Å². The fourth-order valence-corrected chi connectivity index (χ4v) is 4.24. The van der Waals surface area contributed by atoms with Gasteiger partial charge in [0.2, 0.25) is 5.91 Å². The molecule has 0 aliphatic carbocycles. The van der Waals surface area contributed by atoms with Crippen molar-refractivity contribution in [3.63, 3.8) is 0 Å². The Labute approximate surface area is 163 Å². The first-order valence-electron chi connectivity index (χ1n) is 8.62. The van der Waals surface area contributed by atoms with Crippen LogP contribution in [0.4, 0.5) is 5.13 Å². The minimum absolute atomic E-state index is 0.0178. The van der Waals surface area contributed by atoms with Crippen LogP contribution in [0.5, 0.6) is 5.75 Å². The van der Waals surface area contributed by atoms with Gasteiger partial charge in [0.1, 0.15) is 5.56 Å². The number of carbonyl (C=O) groups is 2. The third-order valence-electron chi connectivity index (χ3n) is 4.48. The van der Waals surface area contributed by atoms with E-state index < -0.39 is 11.5 Å². The van der Waals surface area contributed by atoms with Crippen molar-refractivity contribution in [1.29, 1.82) is 0 Å². The lowest BCUT2D eigenvalue weighted by atomic mass is 10.1. The number of hydrogen-bond acceptors (Lipinski definition) is 7. The molecule has 3 aromatic rings. The molecule has 9 heteroatoms. The summed E-state index contributed by atoms with van der Waals surface area (Å²) in [4.78, 5) is 43.5. The van der Waals surface area contributed by atoms with E-state index in [1.54, 1.807) is 23.1 Å². The lowest BCUT2D eigenvalue weighted by molar-refractivity contribution is -0.114. The fraction of sp³-hybridized carbons (Fsp3) is 0.263. The number of amides is 2. The highest BCUT2D eigenvalue weighted by molar-refractivity contribution is 7.15. The standard InChI is InChI=1S/C19H17N3O5S/c1-10(23)20-19-21-13-6-7-22(9-15(13)28-19)17(24)12-8-11-4-3-5-14(26-2)16(11)27-18(12)25/h3-5,8H,6-7,9H2,1-2H3,(H,20,21,23). The average molecular weight is 399 g/mol. The second kappa shape index (κ2) is 7.08. The topological polar surface area (TPSA) is 102 Å². The predicted octanol–water partition coefficient (Wildman–Crippen LogP) is 2.42. The molecule has 4 rings (SSSR count). The predicted molar refractivity (Wildman–Crippen MR) is 104 cm³/mol. The summed E-state index contributed by atoms with van der Waals surface area (Å²) in [7, 11) is 1.49. The fourth-order valence-electron chi connectivity index (χ4n) is 3.17. The van der Waals surface area contributed by atoms with Crippen LogP contribution in [0.25, 0.3) is 11.0 Å². The summed E-state index contributed by atoms with van der Waals surface area (Å²) in [6.45, 7) is 2.19. The van der Waals surface area contributed by atoms with Crippen LogP contribution in [0.15, 0.2) is 33.5 Å². The molecule has 0 atom stereocenters. The maximum absolute atomic E-state index is 13.0. The molecule has 0 bridgehead atoms. The summed E-state index contributed by atoms with van der Waals surface area (Å²) in [5.74, 6) is -0.145. The number of carbonyl (C=O) groups excluding carboxylic acids is 2. The van der Waals surface area contributed by atoms with Crippen molar-refractivity contribution in [1.82, 2.24) is 9.88 Å². The largest absolute Gasteiger partial charge is 0.493 e. The second-order valence-electron chi connectivity index (χ2n) is 6.37. The van der Waals surface area contributed by atoms with Crippen molar-refractivity contribution in [2.24, 2.45) is 0 Å². The molecule has 0 unspecified atom stereocenters. The van der Waals surface area contributed by atoms with Gasteiger partial charge in [-0.2, -0.15) is 0 Å². The minimum Gasteiger partial charge on any atom is -0.493 e. The molecule has 0 radical (unpaired) electrons. The number of methoxy groups -OCH3 is 1. The van der Waals surface area contributed by atoms with E-state index in [4.69, 9.17) is 9.15 Å². The van der Waals surface area contributed by atoms with Crippen molar-refractivity contribution < 1.29 is 18.7 Å². The number of para-hydroxylation sites is 1. The number of anilines is 1. The molecule has 0 spiro atoms. The number of benzene rings is 1. The van der Waals surface area contributed by atoms with Crippen LogP contribution in [-0.4, -0.2) is 35.4 Å². The number of fused-ring (bicyclic) bond motifs is 2. The molecule has 1 aliphatic heterocycles. The van der Waals surface area contributed by atoms with Crippen molar-refractivity contribution in [2.45, 2.75) is 19.9 Å². The summed E-state index contributed by atoms with van der Waals surface area (Å²) in [5.41, 5.74) is 0.467. The number of nitrogens with zero attached hydrogens (tertiary/aromatic N) is 2. The van der Waals surface area contributed by atoms with E-state index in [-0.39, 0.29) is 11.5 Å². The Kier molecular flexibility index (Phi) is 4.60. The van der Waals surface area contributed by atoms with Gasteiger partial charge in [0, 0.05) is 30.2 Å². The van der Waals surface area contributed by atoms with Gasteiger partial charge in [0.25, 0.3) is 5.91 Å². The Hall–Kier alpha value is -3.20. The molecule has 28 heavy (non-hydrogen) atoms. The number of ether oxygens (including phenoxy) is 1. The minimum atomic E-state index is -0.698. The SMILES string of the molecule is COc1cccc2cc(C(=O)N3CCc4nc(NC(C)=O)sc4C3)c(=O)oc12. The number of rotatable bonds is 3. The Balaban J connectivity index is 1.63. The van der Waals surface area contributed by atoms with E-state index in [9.17, 15) is 14.4 Å². The van der Waals surface area contributed by atoms with Crippen LogP contribution in [0.1, 0.15) is 27.9 Å². The number of nitrogens with one attached hydrogen (secondary N) is 1. The zero-order valence-electron chi connectivity index (χ0n) is 15.3. The first-order chi connectivity index (χ1) is 13.5. The molecule has 1 aromatic carbocycles. The summed E-state index contributed by atoms with van der Waals surface area (Å²) in [5, 5.41) is 3.80. The number of thiazole rings is 1. The highest BCUT2D eigenvalue weighted by Crippen LogP contribution is 2.29. The quantitative estimate of drug-likeness (QED) is 0.679. The molecule has 1 aliphatic rings. The van der Waals surface area contributed by atoms with Gasteiger partial charge in [-0.05, 0) is 12.1 Å². The molecule has 144 valence electrons. The van der Waals surface area contributed by atoms with Gasteiger partial charge in [-0.15, -0.1) is 0 Å². The van der Waals surface area contributed by atoms with Crippen LogP contribution in [0, 0.1) is 0 Å². The second-order valence-corrected chi connectivity index (χ2v) is 7.46. The molecule has 2 amide bonds. The lowest BCUT2D eigenvalue weighted by Crippen LogP contribution is -2.37. The lowest BCUT2D eigenvalue weighted by Gasteiger charge is -2.25. The van der Waals surface area contributed by atoms with Crippen molar-refractivity contribution in [3.8, 4) is 5.75 Å². The molecule has 0 fully saturated rings. The van der Waals surface area contributed by atoms with Crippen molar-refractivity contribution in [3.05, 3.63) is 50.8 Å². The van der Waals surface area contributed by atoms with E-state index >= 15 is 0 Å². The molecule has 8 nitrogen and oxygen atoms in total. The third-order valence-corrected chi connectivity index (χ3v) is 5.47. The van der Waals surface area contributed by atoms with Crippen LogP contribution in [0.3, 0.4) is 0 Å². The van der Waals surface area contributed by atoms with E-state index in [1.807, 2.05) is 0 Å². The summed E-state index contributed by atoms with van der Waals surface area (Å²) in [6.07, 6.45) is 0.559. The van der Waals surface area contributed by atoms with E-state index in [1.165, 1.54) is 31.4 Å². The number of hydrogen-bond donors (Lipinski definition) is 1. The van der Waals surface area contributed by atoms with Crippen LogP contribution < -0.4 is 15.7 Å². The third kappa shape index (κ3) is 3.24. The van der Waals surface area contributed by atoms with Crippen molar-refractivity contribution >= 4 is 39.3 Å². The van der Waals surface area contributed by atoms with Crippen LogP contribution in [0.2, 0.25) is 0 Å². The molecule has 1 N–H and O–H groups in total. The highest BCUT2D eigenvalue weighted by atomic mass is 32.1. The molecular weight excluding hydrogens is 382 g/mol.